The molecule has 138 valence electrons. The average Bonchev–Trinajstić information content (AvgIpc) is 3.45. The maximum Gasteiger partial charge on any atom is 0.341 e. The summed E-state index contributed by atoms with van der Waals surface area (Å²) in [6.07, 6.45) is 8.40. The number of nitrogens with two attached hydrogens (primary N) is 1. The van der Waals surface area contributed by atoms with Crippen LogP contribution in [0, 0.1) is 0 Å². The van der Waals surface area contributed by atoms with E-state index in [1.54, 1.807) is 6.20 Å². The summed E-state index contributed by atoms with van der Waals surface area (Å²) in [4.78, 5) is 12.1. The normalized spacial score (nSPS) is 23.0. The predicted molar refractivity (Wildman–Crippen MR) is 99.2 cm³/mol. The van der Waals surface area contributed by atoms with E-state index in [0.29, 0.717) is 23.4 Å². The fourth-order valence-corrected chi connectivity index (χ4v) is 4.13. The standard InChI is InChI=1S/C20H26N4O2/c1-26-20(25)18-12-22-24(19(18)13-8-9-13)17-7-3-5-15(11-17)14-4-2-6-16(10-14)23-21/h3,5,7,11-14,16,23H,2,4,6,8-10,21H2,1H3/t14?,16-/m1/s1. The molecule has 1 heterocycles. The molecular weight excluding hydrogens is 328 g/mol. The minimum absolute atomic E-state index is 0.307. The third kappa shape index (κ3) is 3.27. The number of carbonyl (C=O) groups is 1. The highest BCUT2D eigenvalue weighted by molar-refractivity contribution is 5.90. The second-order valence-corrected chi connectivity index (χ2v) is 7.44. The molecule has 0 bridgehead atoms. The van der Waals surface area contributed by atoms with Crippen molar-refractivity contribution in [1.82, 2.24) is 15.2 Å². The zero-order valence-corrected chi connectivity index (χ0v) is 15.1. The molecule has 1 unspecified atom stereocenters. The van der Waals surface area contributed by atoms with Gasteiger partial charge in [-0.3, -0.25) is 11.3 Å². The van der Waals surface area contributed by atoms with Crippen molar-refractivity contribution in [2.24, 2.45) is 5.84 Å². The van der Waals surface area contributed by atoms with Gasteiger partial charge in [0, 0.05) is 12.0 Å². The Hall–Kier alpha value is -2.18. The van der Waals surface area contributed by atoms with Crippen LogP contribution in [0.5, 0.6) is 0 Å². The highest BCUT2D eigenvalue weighted by Gasteiger charge is 2.33. The lowest BCUT2D eigenvalue weighted by atomic mass is 9.81. The molecule has 1 aromatic carbocycles. The molecular formula is C20H26N4O2. The lowest BCUT2D eigenvalue weighted by Gasteiger charge is -2.29. The molecule has 2 saturated carbocycles. The van der Waals surface area contributed by atoms with Gasteiger partial charge in [0.15, 0.2) is 0 Å². The van der Waals surface area contributed by atoms with Crippen molar-refractivity contribution in [3.63, 3.8) is 0 Å². The van der Waals surface area contributed by atoms with E-state index >= 15 is 0 Å². The Bertz CT molecular complexity index is 797. The number of aromatic nitrogens is 2. The first kappa shape index (κ1) is 17.2. The molecule has 0 aliphatic heterocycles. The summed E-state index contributed by atoms with van der Waals surface area (Å²) in [6, 6.07) is 8.93. The molecule has 0 amide bonds. The number of benzene rings is 1. The maximum atomic E-state index is 12.1. The molecule has 1 aromatic heterocycles. The highest BCUT2D eigenvalue weighted by Crippen LogP contribution is 2.43. The molecule has 2 fully saturated rings. The van der Waals surface area contributed by atoms with Gasteiger partial charge in [-0.2, -0.15) is 5.10 Å². The molecule has 2 aliphatic carbocycles. The summed E-state index contributed by atoms with van der Waals surface area (Å²) in [5.41, 5.74) is 6.84. The van der Waals surface area contributed by atoms with Crippen LogP contribution in [0.1, 0.15) is 72.0 Å². The number of esters is 1. The van der Waals surface area contributed by atoms with E-state index in [1.165, 1.54) is 25.5 Å². The lowest BCUT2D eigenvalue weighted by Crippen LogP contribution is -2.38. The Labute approximate surface area is 153 Å². The van der Waals surface area contributed by atoms with E-state index in [4.69, 9.17) is 10.6 Å². The number of nitrogens with zero attached hydrogens (tertiary/aromatic N) is 2. The highest BCUT2D eigenvalue weighted by atomic mass is 16.5. The third-order valence-corrected chi connectivity index (χ3v) is 5.67. The van der Waals surface area contributed by atoms with Gasteiger partial charge in [-0.25, -0.2) is 9.48 Å². The minimum Gasteiger partial charge on any atom is -0.465 e. The molecule has 2 atom stereocenters. The molecule has 4 rings (SSSR count). The number of hydrogen-bond donors (Lipinski definition) is 2. The largest absolute Gasteiger partial charge is 0.465 e. The number of hydrogen-bond acceptors (Lipinski definition) is 5. The van der Waals surface area contributed by atoms with Crippen LogP contribution < -0.4 is 11.3 Å². The van der Waals surface area contributed by atoms with E-state index in [9.17, 15) is 4.79 Å². The number of hydrazine groups is 1. The topological polar surface area (TPSA) is 82.2 Å². The fraction of sp³-hybridized carbons (Fsp3) is 0.500. The quantitative estimate of drug-likeness (QED) is 0.490. The molecule has 6 nitrogen and oxygen atoms in total. The Morgan fingerprint density at radius 3 is 2.85 bits per heavy atom. The molecule has 26 heavy (non-hydrogen) atoms. The summed E-state index contributed by atoms with van der Waals surface area (Å²) < 4.78 is 6.86. The van der Waals surface area contributed by atoms with Crippen molar-refractivity contribution in [1.29, 1.82) is 0 Å². The van der Waals surface area contributed by atoms with Crippen LogP contribution in [0.25, 0.3) is 5.69 Å². The summed E-state index contributed by atoms with van der Waals surface area (Å²) >= 11 is 0. The molecule has 0 saturated heterocycles. The van der Waals surface area contributed by atoms with Gasteiger partial charge in [0.2, 0.25) is 0 Å². The first-order valence-corrected chi connectivity index (χ1v) is 9.44. The lowest BCUT2D eigenvalue weighted by molar-refractivity contribution is 0.0599. The van der Waals surface area contributed by atoms with Crippen molar-refractivity contribution in [3.8, 4) is 5.69 Å². The fourth-order valence-electron chi connectivity index (χ4n) is 4.13. The monoisotopic (exact) mass is 354 g/mol. The number of nitrogens with one attached hydrogen (secondary N) is 1. The number of methoxy groups -OCH3 is 1. The van der Waals surface area contributed by atoms with Gasteiger partial charge in [0.05, 0.1) is 24.7 Å². The minimum atomic E-state index is -0.307. The SMILES string of the molecule is COC(=O)c1cnn(-c2cccc(C3CCC[C@@H](NN)C3)c2)c1C1CC1. The van der Waals surface area contributed by atoms with E-state index in [0.717, 1.165) is 37.1 Å². The van der Waals surface area contributed by atoms with Gasteiger partial charge < -0.3 is 4.74 Å². The van der Waals surface area contributed by atoms with Crippen LogP contribution in [0.4, 0.5) is 0 Å². The van der Waals surface area contributed by atoms with Gasteiger partial charge in [0.1, 0.15) is 5.56 Å². The summed E-state index contributed by atoms with van der Waals surface area (Å²) in [7, 11) is 1.42. The average molecular weight is 354 g/mol. The molecule has 6 heteroatoms. The second-order valence-electron chi connectivity index (χ2n) is 7.44. The summed E-state index contributed by atoms with van der Waals surface area (Å²) in [6.45, 7) is 0. The van der Waals surface area contributed by atoms with Gasteiger partial charge in [-0.15, -0.1) is 0 Å². The smallest absolute Gasteiger partial charge is 0.341 e. The molecule has 0 spiro atoms. The Kier molecular flexibility index (Phi) is 4.78. The van der Waals surface area contributed by atoms with Gasteiger partial charge >= 0.3 is 5.97 Å². The summed E-state index contributed by atoms with van der Waals surface area (Å²) in [5, 5.41) is 4.52. The van der Waals surface area contributed by atoms with Gasteiger partial charge in [-0.1, -0.05) is 18.6 Å². The first-order chi connectivity index (χ1) is 12.7. The zero-order valence-electron chi connectivity index (χ0n) is 15.1. The Balaban J connectivity index is 1.67. The first-order valence-electron chi connectivity index (χ1n) is 9.44. The second kappa shape index (κ2) is 7.21. The van der Waals surface area contributed by atoms with Crippen LogP contribution >= 0.6 is 0 Å². The molecule has 2 aliphatic rings. The Morgan fingerprint density at radius 1 is 1.27 bits per heavy atom. The van der Waals surface area contributed by atoms with E-state index in [-0.39, 0.29) is 5.97 Å². The van der Waals surface area contributed by atoms with Gasteiger partial charge in [0.25, 0.3) is 0 Å². The van der Waals surface area contributed by atoms with E-state index in [1.807, 2.05) is 4.68 Å². The van der Waals surface area contributed by atoms with Crippen LogP contribution in [-0.4, -0.2) is 28.9 Å². The van der Waals surface area contributed by atoms with E-state index < -0.39 is 0 Å². The number of rotatable bonds is 5. The molecule has 2 aromatic rings. The maximum absolute atomic E-state index is 12.1. The third-order valence-electron chi connectivity index (χ3n) is 5.67. The van der Waals surface area contributed by atoms with Crippen LogP contribution in [-0.2, 0) is 4.74 Å². The van der Waals surface area contributed by atoms with Crippen molar-refractivity contribution in [2.45, 2.75) is 56.4 Å². The van der Waals surface area contributed by atoms with Crippen molar-refractivity contribution in [2.75, 3.05) is 7.11 Å². The van der Waals surface area contributed by atoms with Crippen molar-refractivity contribution < 1.29 is 9.53 Å². The van der Waals surface area contributed by atoms with Crippen LogP contribution in [0.3, 0.4) is 0 Å². The zero-order chi connectivity index (χ0) is 18.1. The van der Waals surface area contributed by atoms with Gasteiger partial charge in [-0.05, 0) is 55.7 Å². The van der Waals surface area contributed by atoms with Crippen molar-refractivity contribution in [3.05, 3.63) is 47.3 Å². The summed E-state index contributed by atoms with van der Waals surface area (Å²) in [5.74, 6) is 6.26. The molecule has 3 N–H and O–H groups in total. The Morgan fingerprint density at radius 2 is 2.12 bits per heavy atom. The van der Waals surface area contributed by atoms with Crippen LogP contribution in [0.15, 0.2) is 30.5 Å². The number of carbonyl (C=O) groups excluding carboxylic acids is 1. The van der Waals surface area contributed by atoms with Crippen LogP contribution in [0.2, 0.25) is 0 Å². The van der Waals surface area contributed by atoms with Crippen molar-refractivity contribution >= 4 is 5.97 Å². The molecule has 0 radical (unpaired) electrons. The number of ether oxygens (including phenoxy) is 1. The van der Waals surface area contributed by atoms with E-state index in [2.05, 4.69) is 34.8 Å². The predicted octanol–water partition coefficient (Wildman–Crippen LogP) is 3.03.